The second-order valence-corrected chi connectivity index (χ2v) is 10.5. The van der Waals surface area contributed by atoms with E-state index in [-0.39, 0.29) is 32.7 Å². The number of hydrogen-bond acceptors (Lipinski definition) is 12. The molecule has 0 atom stereocenters. The minimum Gasteiger partial charge on any atom is -0.379 e. The van der Waals surface area contributed by atoms with Gasteiger partial charge in [0.1, 0.15) is 6.61 Å². The zero-order chi connectivity index (χ0) is 31.1. The Morgan fingerprint density at radius 2 is 0.814 bits per heavy atom. The van der Waals surface area contributed by atoms with Crippen molar-refractivity contribution in [1.29, 1.82) is 0 Å². The third kappa shape index (κ3) is 25.7. The first-order valence-electron chi connectivity index (χ1n) is 15.9. The fourth-order valence-electron chi connectivity index (χ4n) is 3.99. The number of hydrogen-bond donors (Lipinski definition) is 1. The number of unbranched alkanes of at least 4 members (excludes halogenated alkanes) is 9. The summed E-state index contributed by atoms with van der Waals surface area (Å²) in [7, 11) is 0. The first kappa shape index (κ1) is 39.7. The monoisotopic (exact) mass is 637 g/mol. The first-order chi connectivity index (χ1) is 21.1. The molecular formula is C30H55NO11S. The molecule has 0 saturated carbocycles. The summed E-state index contributed by atoms with van der Waals surface area (Å²) >= 11 is 4.25. The Kier molecular flexibility index (Phi) is 28.3. The van der Waals surface area contributed by atoms with E-state index in [2.05, 4.69) is 17.5 Å². The molecule has 0 aromatic rings. The predicted octanol–water partition coefficient (Wildman–Crippen LogP) is 3.54. The number of hydroxylamine groups is 2. The molecule has 1 saturated heterocycles. The van der Waals surface area contributed by atoms with Crippen molar-refractivity contribution in [2.24, 2.45) is 0 Å². The van der Waals surface area contributed by atoms with Gasteiger partial charge in [-0.1, -0.05) is 51.4 Å². The van der Waals surface area contributed by atoms with E-state index in [0.29, 0.717) is 71.1 Å². The van der Waals surface area contributed by atoms with Gasteiger partial charge < -0.3 is 38.0 Å². The molecule has 1 rings (SSSR count). The van der Waals surface area contributed by atoms with Gasteiger partial charge in [-0.15, -0.1) is 5.06 Å². The van der Waals surface area contributed by atoms with E-state index in [9.17, 15) is 14.4 Å². The minimum absolute atomic E-state index is 0.0504. The van der Waals surface area contributed by atoms with Crippen molar-refractivity contribution in [3.8, 4) is 0 Å². The summed E-state index contributed by atoms with van der Waals surface area (Å²) < 4.78 is 37.9. The highest BCUT2D eigenvalue weighted by Gasteiger charge is 2.32. The lowest BCUT2D eigenvalue weighted by Crippen LogP contribution is -2.33. The highest BCUT2D eigenvalue weighted by Crippen LogP contribution is 2.12. The lowest BCUT2D eigenvalue weighted by molar-refractivity contribution is -0.200. The Hall–Kier alpha value is -1.32. The predicted molar refractivity (Wildman–Crippen MR) is 163 cm³/mol. The average molecular weight is 638 g/mol. The van der Waals surface area contributed by atoms with Gasteiger partial charge in [0.2, 0.25) is 0 Å². The number of thiol groups is 1. The molecule has 1 aliphatic rings. The van der Waals surface area contributed by atoms with Crippen LogP contribution in [-0.2, 0) is 52.4 Å². The second-order valence-electron chi connectivity index (χ2n) is 10.0. The van der Waals surface area contributed by atoms with Crippen molar-refractivity contribution >= 4 is 30.4 Å². The Labute approximate surface area is 263 Å². The third-order valence-electron chi connectivity index (χ3n) is 6.35. The number of rotatable bonds is 33. The van der Waals surface area contributed by atoms with Crippen LogP contribution in [0, 0.1) is 0 Å². The summed E-state index contributed by atoms with van der Waals surface area (Å²) in [5, 5.41) is 0.489. The van der Waals surface area contributed by atoms with E-state index in [1.807, 2.05) is 0 Å². The molecule has 1 aliphatic heterocycles. The van der Waals surface area contributed by atoms with Crippen molar-refractivity contribution < 1.29 is 52.4 Å². The highest BCUT2D eigenvalue weighted by molar-refractivity contribution is 7.80. The Bertz CT molecular complexity index is 670. The number of nitrogens with zero attached hydrogens (tertiary/aromatic N) is 1. The van der Waals surface area contributed by atoms with Crippen LogP contribution in [0.3, 0.4) is 0 Å². The molecule has 43 heavy (non-hydrogen) atoms. The number of carbonyl (C=O) groups is 3. The second kappa shape index (κ2) is 30.7. The number of imide groups is 1. The van der Waals surface area contributed by atoms with Crippen LogP contribution in [-0.4, -0.2) is 121 Å². The molecule has 0 aliphatic carbocycles. The summed E-state index contributed by atoms with van der Waals surface area (Å²) in [5.41, 5.74) is 0. The fraction of sp³-hybridized carbons (Fsp3) is 0.900. The fourth-order valence-corrected chi connectivity index (χ4v) is 4.21. The molecule has 0 unspecified atom stereocenters. The quantitative estimate of drug-likeness (QED) is 0.0645. The summed E-state index contributed by atoms with van der Waals surface area (Å²) in [6, 6.07) is 0. The Morgan fingerprint density at radius 3 is 1.21 bits per heavy atom. The van der Waals surface area contributed by atoms with Crippen LogP contribution in [0.4, 0.5) is 0 Å². The highest BCUT2D eigenvalue weighted by atomic mass is 32.1. The van der Waals surface area contributed by atoms with Crippen LogP contribution < -0.4 is 0 Å². The molecule has 2 amide bonds. The van der Waals surface area contributed by atoms with Gasteiger partial charge in [0.25, 0.3) is 11.8 Å². The van der Waals surface area contributed by atoms with Crippen molar-refractivity contribution in [3.05, 3.63) is 0 Å². The molecule has 0 N–H and O–H groups in total. The van der Waals surface area contributed by atoms with Crippen LogP contribution in [0.25, 0.3) is 0 Å². The van der Waals surface area contributed by atoms with E-state index in [1.54, 1.807) is 0 Å². The number of ether oxygens (including phenoxy) is 7. The van der Waals surface area contributed by atoms with Crippen LogP contribution >= 0.6 is 12.6 Å². The van der Waals surface area contributed by atoms with Gasteiger partial charge >= 0.3 is 5.97 Å². The third-order valence-corrected chi connectivity index (χ3v) is 6.66. The number of carbonyl (C=O) groups excluding carboxylic acids is 3. The maximum absolute atomic E-state index is 11.6. The SMILES string of the molecule is O=C(COCCOCCOCCOCCOCCOCCOCCCCCCCCCCCCS)ON1C(=O)CCC1=O. The number of amides is 2. The largest absolute Gasteiger partial charge is 0.379 e. The zero-order valence-electron chi connectivity index (χ0n) is 26.0. The van der Waals surface area contributed by atoms with Crippen LogP contribution in [0.15, 0.2) is 0 Å². The molecule has 13 heteroatoms. The molecular weight excluding hydrogens is 582 g/mol. The van der Waals surface area contributed by atoms with E-state index < -0.39 is 17.8 Å². The standard InChI is InChI=1S/C30H55NO11S/c32-28-11-12-29(33)31(28)42-30(34)27-41-25-24-40-23-22-39-21-20-38-19-18-37-17-16-36-15-14-35-13-9-7-5-3-1-2-4-6-8-10-26-43/h43H,1-27H2. The average Bonchev–Trinajstić information content (AvgIpc) is 3.32. The molecule has 1 fully saturated rings. The van der Waals surface area contributed by atoms with Gasteiger partial charge in [0.15, 0.2) is 0 Å². The Morgan fingerprint density at radius 1 is 0.488 bits per heavy atom. The van der Waals surface area contributed by atoms with Crippen molar-refractivity contribution in [2.45, 2.75) is 77.0 Å². The van der Waals surface area contributed by atoms with Gasteiger partial charge in [-0.25, -0.2) is 4.79 Å². The lowest BCUT2D eigenvalue weighted by Gasteiger charge is -2.12. The summed E-state index contributed by atoms with van der Waals surface area (Å²) in [4.78, 5) is 39.0. The van der Waals surface area contributed by atoms with Crippen LogP contribution in [0.1, 0.15) is 77.0 Å². The maximum Gasteiger partial charge on any atom is 0.358 e. The van der Waals surface area contributed by atoms with Crippen molar-refractivity contribution in [3.63, 3.8) is 0 Å². The smallest absolute Gasteiger partial charge is 0.358 e. The molecule has 0 aromatic heterocycles. The van der Waals surface area contributed by atoms with Crippen LogP contribution in [0.2, 0.25) is 0 Å². The summed E-state index contributed by atoms with van der Waals surface area (Å²) in [6.07, 6.45) is 13.1. The van der Waals surface area contributed by atoms with Gasteiger partial charge in [0.05, 0.1) is 79.3 Å². The molecule has 252 valence electrons. The summed E-state index contributed by atoms with van der Waals surface area (Å²) in [5.74, 6) is -0.846. The minimum atomic E-state index is -0.810. The molecule has 12 nitrogen and oxygen atoms in total. The maximum atomic E-state index is 11.6. The molecule has 0 aromatic carbocycles. The zero-order valence-corrected chi connectivity index (χ0v) is 26.9. The van der Waals surface area contributed by atoms with E-state index in [0.717, 1.165) is 18.8 Å². The van der Waals surface area contributed by atoms with Gasteiger partial charge in [-0.3, -0.25) is 9.59 Å². The topological polar surface area (TPSA) is 128 Å². The molecule has 0 radical (unpaired) electrons. The molecule has 0 spiro atoms. The van der Waals surface area contributed by atoms with Gasteiger partial charge in [-0.2, -0.15) is 12.6 Å². The molecule has 0 bridgehead atoms. The Balaban J connectivity index is 1.66. The van der Waals surface area contributed by atoms with E-state index in [4.69, 9.17) is 33.2 Å². The van der Waals surface area contributed by atoms with Crippen molar-refractivity contribution in [2.75, 3.05) is 98.2 Å². The molecule has 1 heterocycles. The van der Waals surface area contributed by atoms with Crippen molar-refractivity contribution in [1.82, 2.24) is 5.06 Å². The van der Waals surface area contributed by atoms with Gasteiger partial charge in [0, 0.05) is 19.4 Å². The van der Waals surface area contributed by atoms with Gasteiger partial charge in [-0.05, 0) is 18.6 Å². The normalized spacial score (nSPS) is 13.4. The van der Waals surface area contributed by atoms with E-state index >= 15 is 0 Å². The van der Waals surface area contributed by atoms with E-state index in [1.165, 1.54) is 57.8 Å². The lowest BCUT2D eigenvalue weighted by atomic mass is 10.1. The van der Waals surface area contributed by atoms with Crippen LogP contribution in [0.5, 0.6) is 0 Å². The first-order valence-corrected chi connectivity index (χ1v) is 16.5. The summed E-state index contributed by atoms with van der Waals surface area (Å²) in [6.45, 7) is 5.79.